The summed E-state index contributed by atoms with van der Waals surface area (Å²) in [6, 6.07) is 1.91. The molecule has 0 radical (unpaired) electrons. The number of halogens is 1. The van der Waals surface area contributed by atoms with Crippen molar-refractivity contribution in [1.82, 2.24) is 9.55 Å². The maximum atomic E-state index is 13.5. The number of aromatic nitrogens is 2. The van der Waals surface area contributed by atoms with Gasteiger partial charge in [-0.1, -0.05) is 0 Å². The number of nitrogens with two attached hydrogens (primary N) is 1. The molecule has 2 aliphatic heterocycles. The van der Waals surface area contributed by atoms with Crippen molar-refractivity contribution >= 4 is 17.2 Å². The number of rotatable bonds is 1. The topological polar surface area (TPSA) is 129 Å². The number of fused-ring (bicyclic) bond motifs is 1. The van der Waals surface area contributed by atoms with Gasteiger partial charge in [-0.25, -0.2) is 9.18 Å². The molecular weight excluding hydrogens is 307 g/mol. The summed E-state index contributed by atoms with van der Waals surface area (Å²) in [7, 11) is 0. The number of hydrogen-bond acceptors (Lipinski definition) is 8. The molecular formula is C10H9FN4O5S. The van der Waals surface area contributed by atoms with Gasteiger partial charge in [0.25, 0.3) is 0 Å². The summed E-state index contributed by atoms with van der Waals surface area (Å²) in [5.41, 5.74) is 4.34. The average Bonchev–Trinajstić information content (AvgIpc) is 2.80. The lowest BCUT2D eigenvalue weighted by atomic mass is 10.0. The minimum absolute atomic E-state index is 0.0639. The van der Waals surface area contributed by atoms with E-state index in [2.05, 4.69) is 4.98 Å². The summed E-state index contributed by atoms with van der Waals surface area (Å²) in [6.07, 6.45) is -1.85. The highest BCUT2D eigenvalue weighted by Gasteiger charge is 2.50. The summed E-state index contributed by atoms with van der Waals surface area (Å²) >= 11 is -1.99. The third-order valence-electron chi connectivity index (χ3n) is 3.22. The van der Waals surface area contributed by atoms with Gasteiger partial charge in [-0.15, -0.1) is 0 Å². The molecule has 112 valence electrons. The number of ether oxygens (including phenoxy) is 1. The number of nitrogen functional groups attached to an aromatic ring is 1. The first kappa shape index (κ1) is 14.1. The highest BCUT2D eigenvalue weighted by atomic mass is 32.2. The van der Waals surface area contributed by atoms with Crippen molar-refractivity contribution in [3.63, 3.8) is 0 Å². The van der Waals surface area contributed by atoms with E-state index in [1.165, 1.54) is 0 Å². The molecule has 1 aromatic heterocycles. The normalized spacial score (nSPS) is 35.1. The van der Waals surface area contributed by atoms with Gasteiger partial charge in [0.1, 0.15) is 18.1 Å². The molecule has 0 amide bonds. The van der Waals surface area contributed by atoms with Crippen molar-refractivity contribution in [3.05, 3.63) is 22.5 Å². The van der Waals surface area contributed by atoms with Crippen molar-refractivity contribution < 1.29 is 21.7 Å². The van der Waals surface area contributed by atoms with E-state index < -0.39 is 53.0 Å². The molecule has 1 unspecified atom stereocenters. The molecule has 2 fully saturated rings. The summed E-state index contributed by atoms with van der Waals surface area (Å²) in [5, 5.41) is 9.23. The molecule has 1 aromatic rings. The molecule has 0 bridgehead atoms. The molecule has 2 N–H and O–H groups in total. The fourth-order valence-corrected chi connectivity index (χ4v) is 2.97. The predicted octanol–water partition coefficient (Wildman–Crippen LogP) is -1.00. The molecule has 2 aliphatic rings. The van der Waals surface area contributed by atoms with Crippen molar-refractivity contribution in [2.24, 2.45) is 5.92 Å². The highest BCUT2D eigenvalue weighted by molar-refractivity contribution is 7.75. The Bertz CT molecular complexity index is 704. The zero-order valence-electron chi connectivity index (χ0n) is 10.3. The third kappa shape index (κ3) is 2.32. The molecule has 0 aromatic carbocycles. The van der Waals surface area contributed by atoms with E-state index in [0.29, 0.717) is 0 Å². The minimum atomic E-state index is -1.99. The first-order chi connectivity index (χ1) is 10.0. The molecule has 3 heterocycles. The van der Waals surface area contributed by atoms with Crippen LogP contribution in [-0.4, -0.2) is 32.6 Å². The van der Waals surface area contributed by atoms with Gasteiger partial charge < -0.3 is 10.5 Å². The van der Waals surface area contributed by atoms with Crippen LogP contribution in [0.2, 0.25) is 0 Å². The lowest BCUT2D eigenvalue weighted by molar-refractivity contribution is -0.0515. The van der Waals surface area contributed by atoms with Gasteiger partial charge in [-0.2, -0.15) is 14.5 Å². The van der Waals surface area contributed by atoms with Gasteiger partial charge in [0.2, 0.25) is 0 Å². The smallest absolute Gasteiger partial charge is 0.351 e. The van der Waals surface area contributed by atoms with Gasteiger partial charge >= 0.3 is 17.1 Å². The highest BCUT2D eigenvalue weighted by Crippen LogP contribution is 2.38. The minimum Gasteiger partial charge on any atom is -0.381 e. The molecule has 0 aliphatic carbocycles. The largest absolute Gasteiger partial charge is 0.381 e. The van der Waals surface area contributed by atoms with Crippen LogP contribution in [0.25, 0.3) is 0 Å². The average molecular weight is 316 g/mol. The van der Waals surface area contributed by atoms with E-state index in [4.69, 9.17) is 18.8 Å². The van der Waals surface area contributed by atoms with Crippen LogP contribution in [0, 0.1) is 23.1 Å². The van der Waals surface area contributed by atoms with Crippen LogP contribution in [0.4, 0.5) is 10.2 Å². The van der Waals surface area contributed by atoms with Crippen molar-refractivity contribution in [3.8, 4) is 6.07 Å². The van der Waals surface area contributed by atoms with Crippen LogP contribution in [0.1, 0.15) is 6.23 Å². The Morgan fingerprint density at radius 1 is 1.62 bits per heavy atom. The summed E-state index contributed by atoms with van der Waals surface area (Å²) in [4.78, 5) is 15.1. The van der Waals surface area contributed by atoms with E-state index in [0.717, 1.165) is 10.8 Å². The van der Waals surface area contributed by atoms with Crippen LogP contribution in [0.5, 0.6) is 0 Å². The van der Waals surface area contributed by atoms with Crippen LogP contribution in [0.15, 0.2) is 11.0 Å². The van der Waals surface area contributed by atoms with Gasteiger partial charge in [0.15, 0.2) is 17.9 Å². The Morgan fingerprint density at radius 2 is 2.38 bits per heavy atom. The molecule has 3 rings (SSSR count). The molecule has 11 heteroatoms. The monoisotopic (exact) mass is 316 g/mol. The second kappa shape index (κ2) is 5.15. The maximum absolute atomic E-state index is 13.5. The standard InChI is InChI=1S/C10H9FN4O5S/c11-5-2-15(10(16)14-8(5)13)9-4(1-12)7-6(19-9)3-18-21(17)20-7/h2,4,6-7,9H,3H2,(H2,13,14,16)/t4-,6+,7-,9+,21?/m0/s1. The van der Waals surface area contributed by atoms with Gasteiger partial charge in [-0.3, -0.25) is 12.9 Å². The van der Waals surface area contributed by atoms with Crippen LogP contribution in [0.3, 0.4) is 0 Å². The van der Waals surface area contributed by atoms with Gasteiger partial charge in [0, 0.05) is 0 Å². The first-order valence-electron chi connectivity index (χ1n) is 5.82. The summed E-state index contributed by atoms with van der Waals surface area (Å²) in [6.45, 7) is -0.0639. The van der Waals surface area contributed by atoms with E-state index in [9.17, 15) is 18.7 Å². The number of anilines is 1. The lowest BCUT2D eigenvalue weighted by Gasteiger charge is -2.22. The van der Waals surface area contributed by atoms with Crippen molar-refractivity contribution in [2.45, 2.75) is 18.4 Å². The van der Waals surface area contributed by atoms with Crippen LogP contribution in [-0.2, 0) is 24.5 Å². The predicted molar refractivity (Wildman–Crippen MR) is 64.8 cm³/mol. The number of hydrogen-bond donors (Lipinski definition) is 1. The second-order valence-electron chi connectivity index (χ2n) is 4.43. The molecule has 0 saturated carbocycles. The van der Waals surface area contributed by atoms with Crippen molar-refractivity contribution in [1.29, 1.82) is 5.26 Å². The summed E-state index contributed by atoms with van der Waals surface area (Å²) < 4.78 is 40.8. The molecule has 0 spiro atoms. The maximum Gasteiger partial charge on any atom is 0.351 e. The SMILES string of the molecule is N#C[C@H]1[C@@H]2OS(=O)OC[C@H]2O[C@H]1n1cc(F)c(N)nc1=O. The molecule has 5 atom stereocenters. The Labute approximate surface area is 119 Å². The van der Waals surface area contributed by atoms with Crippen LogP contribution < -0.4 is 11.4 Å². The number of nitriles is 1. The Hall–Kier alpha value is -1.87. The van der Waals surface area contributed by atoms with E-state index in [1.54, 1.807) is 0 Å². The molecule has 21 heavy (non-hydrogen) atoms. The fraction of sp³-hybridized carbons (Fsp3) is 0.500. The van der Waals surface area contributed by atoms with Crippen LogP contribution >= 0.6 is 0 Å². The fourth-order valence-electron chi connectivity index (χ4n) is 2.25. The zero-order chi connectivity index (χ0) is 15.1. The van der Waals surface area contributed by atoms with Crippen molar-refractivity contribution in [2.75, 3.05) is 12.3 Å². The Balaban J connectivity index is 2.00. The van der Waals surface area contributed by atoms with E-state index >= 15 is 0 Å². The van der Waals surface area contributed by atoms with Gasteiger partial charge in [0.05, 0.1) is 18.9 Å². The first-order valence-corrected chi connectivity index (χ1v) is 6.82. The third-order valence-corrected chi connectivity index (χ3v) is 3.93. The zero-order valence-corrected chi connectivity index (χ0v) is 11.2. The molecule has 2 saturated heterocycles. The Kier molecular flexibility index (Phi) is 3.46. The van der Waals surface area contributed by atoms with Gasteiger partial charge in [-0.05, 0) is 0 Å². The lowest BCUT2D eigenvalue weighted by Crippen LogP contribution is -2.39. The summed E-state index contributed by atoms with van der Waals surface area (Å²) in [5.74, 6) is -2.42. The molecule has 9 nitrogen and oxygen atoms in total. The number of nitrogens with zero attached hydrogens (tertiary/aromatic N) is 3. The Morgan fingerprint density at radius 3 is 3.10 bits per heavy atom. The van der Waals surface area contributed by atoms with E-state index in [-0.39, 0.29) is 6.61 Å². The quantitative estimate of drug-likeness (QED) is 0.698. The van der Waals surface area contributed by atoms with E-state index in [1.807, 2.05) is 6.07 Å². The second-order valence-corrected chi connectivity index (χ2v) is 5.27.